The number of oxazole rings is 1. The van der Waals surface area contributed by atoms with Crippen LogP contribution in [0.25, 0.3) is 22.6 Å². The highest BCUT2D eigenvalue weighted by atomic mass is 16.5. The molecule has 0 radical (unpaired) electrons. The SMILES string of the molecule is CN1CCOC(CNC(=O)Nc2ccc(-c3nc4ccccc4o3)cc2)C1. The molecule has 3 aromatic rings. The first-order valence-corrected chi connectivity index (χ1v) is 8.98. The van der Waals surface area contributed by atoms with E-state index in [9.17, 15) is 4.79 Å². The maximum atomic E-state index is 12.1. The van der Waals surface area contributed by atoms with Crippen LogP contribution in [-0.2, 0) is 4.74 Å². The molecule has 7 heteroatoms. The molecule has 1 unspecified atom stereocenters. The van der Waals surface area contributed by atoms with E-state index in [0.29, 0.717) is 24.7 Å². The number of benzene rings is 2. The maximum absolute atomic E-state index is 12.1. The van der Waals surface area contributed by atoms with Crippen molar-refractivity contribution in [3.8, 4) is 11.5 Å². The molecule has 2 amide bonds. The highest BCUT2D eigenvalue weighted by molar-refractivity contribution is 5.89. The predicted octanol–water partition coefficient (Wildman–Crippen LogP) is 2.95. The number of hydrogen-bond acceptors (Lipinski definition) is 5. The number of anilines is 1. The standard InChI is InChI=1S/C20H22N4O3/c1-24-10-11-26-16(13-24)12-21-20(25)22-15-8-6-14(7-9-15)19-23-17-4-2-3-5-18(17)27-19/h2-9,16H,10-13H2,1H3,(H2,21,22,25). The molecule has 7 nitrogen and oxygen atoms in total. The van der Waals surface area contributed by atoms with E-state index in [-0.39, 0.29) is 12.1 Å². The van der Waals surface area contributed by atoms with Gasteiger partial charge in [0, 0.05) is 30.9 Å². The number of likely N-dealkylation sites (N-methyl/N-ethyl adjacent to an activating group) is 1. The lowest BCUT2D eigenvalue weighted by Gasteiger charge is -2.30. The predicted molar refractivity (Wildman–Crippen MR) is 104 cm³/mol. The van der Waals surface area contributed by atoms with E-state index in [4.69, 9.17) is 9.15 Å². The van der Waals surface area contributed by atoms with Crippen LogP contribution < -0.4 is 10.6 Å². The average Bonchev–Trinajstić information content (AvgIpc) is 3.11. The van der Waals surface area contributed by atoms with Crippen molar-refractivity contribution < 1.29 is 13.9 Å². The summed E-state index contributed by atoms with van der Waals surface area (Å²) in [6.07, 6.45) is 0.0241. The number of fused-ring (bicyclic) bond motifs is 1. The second-order valence-corrected chi connectivity index (χ2v) is 6.65. The highest BCUT2D eigenvalue weighted by Gasteiger charge is 2.18. The molecule has 0 aliphatic carbocycles. The number of para-hydroxylation sites is 2. The van der Waals surface area contributed by atoms with Gasteiger partial charge >= 0.3 is 6.03 Å². The van der Waals surface area contributed by atoms with Crippen LogP contribution in [0, 0.1) is 0 Å². The third-order valence-corrected chi connectivity index (χ3v) is 4.52. The highest BCUT2D eigenvalue weighted by Crippen LogP contribution is 2.25. The zero-order valence-electron chi connectivity index (χ0n) is 15.1. The molecule has 1 saturated heterocycles. The molecule has 27 heavy (non-hydrogen) atoms. The summed E-state index contributed by atoms with van der Waals surface area (Å²) in [5, 5.41) is 5.68. The van der Waals surface area contributed by atoms with Crippen molar-refractivity contribution in [2.45, 2.75) is 6.10 Å². The van der Waals surface area contributed by atoms with Gasteiger partial charge in [0.1, 0.15) is 5.52 Å². The average molecular weight is 366 g/mol. The summed E-state index contributed by atoms with van der Waals surface area (Å²) in [4.78, 5) is 18.8. The van der Waals surface area contributed by atoms with Crippen LogP contribution in [-0.4, -0.2) is 55.3 Å². The zero-order chi connectivity index (χ0) is 18.6. The van der Waals surface area contributed by atoms with E-state index in [2.05, 4.69) is 20.5 Å². The van der Waals surface area contributed by atoms with Crippen molar-refractivity contribution in [1.82, 2.24) is 15.2 Å². The molecule has 140 valence electrons. The van der Waals surface area contributed by atoms with Gasteiger partial charge in [0.15, 0.2) is 5.58 Å². The van der Waals surface area contributed by atoms with E-state index in [1.54, 1.807) is 0 Å². The van der Waals surface area contributed by atoms with Crippen molar-refractivity contribution >= 4 is 22.8 Å². The number of carbonyl (C=O) groups excluding carboxylic acids is 1. The Kier molecular flexibility index (Phi) is 5.04. The van der Waals surface area contributed by atoms with Crippen molar-refractivity contribution in [2.24, 2.45) is 0 Å². The normalized spacial score (nSPS) is 17.7. The Morgan fingerprint density at radius 2 is 2.04 bits per heavy atom. The van der Waals surface area contributed by atoms with Crippen molar-refractivity contribution in [2.75, 3.05) is 38.6 Å². The lowest BCUT2D eigenvalue weighted by molar-refractivity contribution is -0.0166. The van der Waals surface area contributed by atoms with Crippen molar-refractivity contribution in [3.63, 3.8) is 0 Å². The molecular weight excluding hydrogens is 344 g/mol. The van der Waals surface area contributed by atoms with Crippen LogP contribution in [0.1, 0.15) is 0 Å². The van der Waals surface area contributed by atoms with E-state index >= 15 is 0 Å². The number of rotatable bonds is 4. The van der Waals surface area contributed by atoms with Gasteiger partial charge < -0.3 is 24.7 Å². The zero-order valence-corrected chi connectivity index (χ0v) is 15.1. The minimum atomic E-state index is -0.249. The van der Waals surface area contributed by atoms with Crippen LogP contribution in [0.5, 0.6) is 0 Å². The summed E-state index contributed by atoms with van der Waals surface area (Å²) < 4.78 is 11.4. The third-order valence-electron chi connectivity index (χ3n) is 4.52. The van der Waals surface area contributed by atoms with Crippen LogP contribution in [0.3, 0.4) is 0 Å². The molecule has 1 atom stereocenters. The summed E-state index contributed by atoms with van der Waals surface area (Å²) in [6, 6.07) is 14.8. The number of urea groups is 1. The number of morpholine rings is 1. The molecule has 1 aromatic heterocycles. The number of amides is 2. The third kappa shape index (κ3) is 4.27. The fourth-order valence-electron chi connectivity index (χ4n) is 3.06. The molecular formula is C20H22N4O3. The van der Waals surface area contributed by atoms with Gasteiger partial charge in [-0.25, -0.2) is 9.78 Å². The van der Waals surface area contributed by atoms with E-state index < -0.39 is 0 Å². The number of aromatic nitrogens is 1. The molecule has 0 saturated carbocycles. The fourth-order valence-corrected chi connectivity index (χ4v) is 3.06. The summed E-state index contributed by atoms with van der Waals surface area (Å²) in [6.45, 7) is 2.92. The Morgan fingerprint density at radius 3 is 2.81 bits per heavy atom. The first-order chi connectivity index (χ1) is 13.2. The lowest BCUT2D eigenvalue weighted by atomic mass is 10.2. The molecule has 1 aliphatic rings. The number of nitrogens with zero attached hydrogens (tertiary/aromatic N) is 2. The summed E-state index contributed by atoms with van der Waals surface area (Å²) in [5.41, 5.74) is 3.14. The Labute approximate surface area is 157 Å². The molecule has 1 fully saturated rings. The van der Waals surface area contributed by atoms with Gasteiger partial charge in [-0.2, -0.15) is 0 Å². The molecule has 2 heterocycles. The maximum Gasteiger partial charge on any atom is 0.319 e. The van der Waals surface area contributed by atoms with E-state index in [0.717, 1.165) is 29.8 Å². The fraction of sp³-hybridized carbons (Fsp3) is 0.300. The molecule has 0 spiro atoms. The Hall–Kier alpha value is -2.90. The number of hydrogen-bond donors (Lipinski definition) is 2. The second-order valence-electron chi connectivity index (χ2n) is 6.65. The summed E-state index contributed by atoms with van der Waals surface area (Å²) in [5.74, 6) is 0.561. The van der Waals surface area contributed by atoms with Crippen LogP contribution >= 0.6 is 0 Å². The van der Waals surface area contributed by atoms with Crippen LogP contribution in [0.2, 0.25) is 0 Å². The van der Waals surface area contributed by atoms with Gasteiger partial charge in [-0.1, -0.05) is 12.1 Å². The van der Waals surface area contributed by atoms with Gasteiger partial charge in [0.05, 0.1) is 12.7 Å². The topological polar surface area (TPSA) is 79.6 Å². The van der Waals surface area contributed by atoms with Gasteiger partial charge in [-0.15, -0.1) is 0 Å². The monoisotopic (exact) mass is 366 g/mol. The molecule has 4 rings (SSSR count). The van der Waals surface area contributed by atoms with E-state index in [1.807, 2.05) is 55.6 Å². The van der Waals surface area contributed by atoms with Gasteiger partial charge in [-0.3, -0.25) is 0 Å². The summed E-state index contributed by atoms with van der Waals surface area (Å²) >= 11 is 0. The number of ether oxygens (including phenoxy) is 1. The summed E-state index contributed by atoms with van der Waals surface area (Å²) in [7, 11) is 2.05. The lowest BCUT2D eigenvalue weighted by Crippen LogP contribution is -2.46. The van der Waals surface area contributed by atoms with Crippen LogP contribution in [0.4, 0.5) is 10.5 Å². The smallest absolute Gasteiger partial charge is 0.319 e. The minimum Gasteiger partial charge on any atom is -0.436 e. The Morgan fingerprint density at radius 1 is 1.22 bits per heavy atom. The number of nitrogens with one attached hydrogen (secondary N) is 2. The van der Waals surface area contributed by atoms with Gasteiger partial charge in [-0.05, 0) is 43.4 Å². The van der Waals surface area contributed by atoms with Gasteiger partial charge in [0.25, 0.3) is 0 Å². The van der Waals surface area contributed by atoms with Crippen molar-refractivity contribution in [3.05, 3.63) is 48.5 Å². The molecule has 2 N–H and O–H groups in total. The largest absolute Gasteiger partial charge is 0.436 e. The Balaban J connectivity index is 1.34. The number of carbonyl (C=O) groups is 1. The first-order valence-electron chi connectivity index (χ1n) is 8.98. The second kappa shape index (κ2) is 7.77. The van der Waals surface area contributed by atoms with Crippen molar-refractivity contribution in [1.29, 1.82) is 0 Å². The molecule has 1 aliphatic heterocycles. The molecule has 2 aromatic carbocycles. The van der Waals surface area contributed by atoms with E-state index in [1.165, 1.54) is 0 Å². The molecule has 0 bridgehead atoms. The quantitative estimate of drug-likeness (QED) is 0.742. The van der Waals surface area contributed by atoms with Gasteiger partial charge in [0.2, 0.25) is 5.89 Å². The van der Waals surface area contributed by atoms with Crippen LogP contribution in [0.15, 0.2) is 52.9 Å². The minimum absolute atomic E-state index is 0.0241. The first kappa shape index (κ1) is 17.5. The Bertz CT molecular complexity index is 889.